The number of rotatable bonds is 5. The number of hydrogen-bond acceptors (Lipinski definition) is 0. The van der Waals surface area contributed by atoms with Crippen molar-refractivity contribution in [3.63, 3.8) is 0 Å². The van der Waals surface area contributed by atoms with Crippen LogP contribution in [0.25, 0.3) is 94.6 Å². The monoisotopic (exact) mass is 976 g/mol. The minimum atomic E-state index is -0.451. The van der Waals surface area contributed by atoms with Crippen LogP contribution in [0.3, 0.4) is 0 Å². The van der Waals surface area contributed by atoms with Gasteiger partial charge in [-0.05, 0) is 225 Å². The zero-order valence-electron chi connectivity index (χ0n) is 43.4. The predicted molar refractivity (Wildman–Crippen MR) is 319 cm³/mol. The lowest BCUT2D eigenvalue weighted by Gasteiger charge is -2.32. The summed E-state index contributed by atoms with van der Waals surface area (Å²) in [7, 11) is 0. The Morgan fingerprint density at radius 1 is 0.325 bits per heavy atom. The van der Waals surface area contributed by atoms with Crippen molar-refractivity contribution in [2.45, 2.75) is 44.4 Å². The molecule has 0 aliphatic heterocycles. The maximum Gasteiger partial charge on any atom is 0.0732 e. The van der Waals surface area contributed by atoms with Crippen LogP contribution < -0.4 is 0 Å². The fourth-order valence-electron chi connectivity index (χ4n) is 15.3. The van der Waals surface area contributed by atoms with Gasteiger partial charge in [-0.15, -0.1) is 0 Å². The molecular formula is C77H52. The van der Waals surface area contributed by atoms with Crippen LogP contribution in [0.4, 0.5) is 0 Å². The molecule has 0 saturated heterocycles. The van der Waals surface area contributed by atoms with E-state index in [4.69, 9.17) is 0 Å². The largest absolute Gasteiger partial charge is 0.0839 e. The van der Waals surface area contributed by atoms with Gasteiger partial charge in [0.15, 0.2) is 0 Å². The molecule has 0 saturated carbocycles. The van der Waals surface area contributed by atoms with Crippen molar-refractivity contribution in [3.8, 4) is 89.0 Å². The van der Waals surface area contributed by atoms with E-state index in [-0.39, 0.29) is 5.41 Å². The van der Waals surface area contributed by atoms with Gasteiger partial charge < -0.3 is 0 Å². The molecule has 5 aliphatic rings. The summed E-state index contributed by atoms with van der Waals surface area (Å²) in [5, 5.41) is 0. The van der Waals surface area contributed by atoms with Crippen molar-refractivity contribution < 1.29 is 0 Å². The number of hydrogen-bond donors (Lipinski definition) is 0. The zero-order valence-corrected chi connectivity index (χ0v) is 43.4. The molecule has 0 aromatic heterocycles. The van der Waals surface area contributed by atoms with E-state index < -0.39 is 5.41 Å². The third kappa shape index (κ3) is 5.79. The van der Waals surface area contributed by atoms with Gasteiger partial charge in [0.1, 0.15) is 0 Å². The summed E-state index contributed by atoms with van der Waals surface area (Å²) in [5.74, 6) is 0. The van der Waals surface area contributed by atoms with Gasteiger partial charge >= 0.3 is 0 Å². The fraction of sp³-hybridized carbons (Fsp3) is 0.0909. The van der Waals surface area contributed by atoms with Gasteiger partial charge in [0.25, 0.3) is 0 Å². The first-order chi connectivity index (χ1) is 38.0. The molecule has 0 N–H and O–H groups in total. The van der Waals surface area contributed by atoms with Crippen LogP contribution in [-0.2, 0) is 10.8 Å². The molecule has 2 spiro atoms. The van der Waals surface area contributed by atoms with Crippen LogP contribution in [0.15, 0.2) is 242 Å². The molecule has 77 heavy (non-hydrogen) atoms. The first kappa shape index (κ1) is 44.1. The van der Waals surface area contributed by atoms with Crippen LogP contribution in [0.2, 0.25) is 0 Å². The number of aryl methyl sites for hydroxylation is 2. The van der Waals surface area contributed by atoms with Crippen molar-refractivity contribution in [2.75, 3.05) is 0 Å². The van der Waals surface area contributed by atoms with Crippen molar-refractivity contribution in [1.82, 2.24) is 0 Å². The van der Waals surface area contributed by atoms with Crippen LogP contribution in [0.1, 0.15) is 74.0 Å². The Morgan fingerprint density at radius 2 is 0.792 bits per heavy atom. The third-order valence-electron chi connectivity index (χ3n) is 18.4. The Bertz CT molecular complexity index is 4390. The Hall–Kier alpha value is -9.28. The van der Waals surface area contributed by atoms with Crippen molar-refractivity contribution in [3.05, 3.63) is 316 Å². The Labute approximate surface area is 452 Å². The second kappa shape index (κ2) is 16.4. The maximum atomic E-state index is 3.38. The van der Waals surface area contributed by atoms with Crippen molar-refractivity contribution >= 4 is 5.57 Å². The first-order valence-corrected chi connectivity index (χ1v) is 27.4. The van der Waals surface area contributed by atoms with Gasteiger partial charge in [-0.2, -0.15) is 0 Å². The molecule has 0 radical (unpaired) electrons. The molecule has 2 unspecified atom stereocenters. The van der Waals surface area contributed by atoms with E-state index in [0.29, 0.717) is 0 Å². The average molecular weight is 977 g/mol. The topological polar surface area (TPSA) is 0 Å². The number of allylic oxidation sites excluding steroid dienone is 4. The summed E-state index contributed by atoms with van der Waals surface area (Å²) >= 11 is 0. The van der Waals surface area contributed by atoms with E-state index in [1.165, 1.54) is 161 Å². The first-order valence-electron chi connectivity index (χ1n) is 27.4. The summed E-state index contributed by atoms with van der Waals surface area (Å²) in [6.07, 6.45) is 7.00. The second-order valence-corrected chi connectivity index (χ2v) is 22.0. The lowest BCUT2D eigenvalue weighted by molar-refractivity contribution is 0.780. The molecule has 0 bridgehead atoms. The van der Waals surface area contributed by atoms with E-state index in [2.05, 4.69) is 270 Å². The highest BCUT2D eigenvalue weighted by atomic mass is 14.5. The van der Waals surface area contributed by atoms with E-state index in [0.717, 1.165) is 12.8 Å². The normalized spacial score (nSPS) is 16.1. The Balaban J connectivity index is 0.902. The molecule has 0 fully saturated rings. The zero-order chi connectivity index (χ0) is 51.1. The van der Waals surface area contributed by atoms with Crippen LogP contribution in [-0.4, -0.2) is 0 Å². The molecule has 360 valence electrons. The van der Waals surface area contributed by atoms with Gasteiger partial charge in [0.05, 0.1) is 10.8 Å². The van der Waals surface area contributed by atoms with Crippen molar-refractivity contribution in [2.24, 2.45) is 0 Å². The smallest absolute Gasteiger partial charge is 0.0732 e. The van der Waals surface area contributed by atoms with E-state index in [1.807, 2.05) is 0 Å². The highest BCUT2D eigenvalue weighted by Gasteiger charge is 2.54. The maximum absolute atomic E-state index is 3.38. The minimum absolute atomic E-state index is 0.378. The van der Waals surface area contributed by atoms with Gasteiger partial charge in [0.2, 0.25) is 0 Å². The van der Waals surface area contributed by atoms with E-state index in [9.17, 15) is 0 Å². The van der Waals surface area contributed by atoms with Gasteiger partial charge in [-0.25, -0.2) is 0 Å². The fourth-order valence-corrected chi connectivity index (χ4v) is 15.3. The van der Waals surface area contributed by atoms with Crippen LogP contribution in [0.5, 0.6) is 0 Å². The Morgan fingerprint density at radius 3 is 1.48 bits per heavy atom. The highest BCUT2D eigenvalue weighted by molar-refractivity contribution is 6.04. The quantitative estimate of drug-likeness (QED) is 0.161. The molecule has 2 atom stereocenters. The molecule has 11 aromatic carbocycles. The highest BCUT2D eigenvalue weighted by Crippen LogP contribution is 2.66. The number of fused-ring (bicyclic) bond motifs is 19. The van der Waals surface area contributed by atoms with E-state index in [1.54, 1.807) is 0 Å². The molecule has 0 heterocycles. The van der Waals surface area contributed by atoms with Gasteiger partial charge in [-0.1, -0.05) is 218 Å². The SMILES string of the molecule is Cc1ccc(-c2cccc3c2-c2ccccc2C32c3cc#ccc3-c3ccccc32)cc1-c1ccccc1-c1cc(-c2cccc3c2-c2ccccc2C32C3=C(CCC=C3)c3ccccc32)cc(-c2ccccc2C)c1C. The average Bonchev–Trinajstić information content (AvgIpc) is 4.29. The standard InChI is InChI=1S/C77H52/c1-47-22-4-5-23-52(47)64-45-51(54-33-21-41-73-75(54)62-31-13-19-39-71(62)77(73)68-36-16-10-28-59(68)60-29-11-17-37-69(60)77)46-65(49(64)3)56-25-7-6-24-55(56)63-44-50(43-42-48(63)2)53-32-20-40-72-74(53)61-30-12-18-38-70(61)76(72)66-34-14-8-26-57(66)58-27-9-15-35-67(58)76/h4-8,10,12-14,16-28,30-46H,11,29H2,1-3H3. The van der Waals surface area contributed by atoms with Crippen LogP contribution in [0, 0.1) is 32.9 Å². The summed E-state index contributed by atoms with van der Waals surface area (Å²) in [6.45, 7) is 6.88. The predicted octanol–water partition coefficient (Wildman–Crippen LogP) is 19.3. The summed E-state index contributed by atoms with van der Waals surface area (Å²) < 4.78 is 0. The van der Waals surface area contributed by atoms with Crippen molar-refractivity contribution in [1.29, 1.82) is 0 Å². The molecule has 11 aromatic rings. The molecule has 0 heteroatoms. The molecular weight excluding hydrogens is 925 g/mol. The van der Waals surface area contributed by atoms with E-state index >= 15 is 0 Å². The summed E-state index contributed by atoms with van der Waals surface area (Å²) in [4.78, 5) is 0. The summed E-state index contributed by atoms with van der Waals surface area (Å²) in [5.41, 5.74) is 36.9. The van der Waals surface area contributed by atoms with Crippen LogP contribution >= 0.6 is 0 Å². The Kier molecular flexibility index (Phi) is 9.36. The van der Waals surface area contributed by atoms with Gasteiger partial charge in [-0.3, -0.25) is 0 Å². The molecule has 0 amide bonds. The van der Waals surface area contributed by atoms with Gasteiger partial charge in [0, 0.05) is 0 Å². The molecule has 5 aliphatic carbocycles. The lowest BCUT2D eigenvalue weighted by atomic mass is 9.69. The molecule has 16 rings (SSSR count). The number of benzene rings is 10. The third-order valence-corrected chi connectivity index (χ3v) is 18.4. The lowest BCUT2D eigenvalue weighted by Crippen LogP contribution is -2.27. The molecule has 0 nitrogen and oxygen atoms in total. The minimum Gasteiger partial charge on any atom is -0.0839 e. The summed E-state index contributed by atoms with van der Waals surface area (Å²) in [6, 6.07) is 92.0. The second-order valence-electron chi connectivity index (χ2n) is 22.0.